The van der Waals surface area contributed by atoms with Crippen LogP contribution in [0, 0.1) is 13.8 Å². The van der Waals surface area contributed by atoms with Crippen LogP contribution in [0.15, 0.2) is 42.5 Å². The molecule has 1 amide bonds. The lowest BCUT2D eigenvalue weighted by molar-refractivity contribution is 0.102. The highest BCUT2D eigenvalue weighted by molar-refractivity contribution is 6.06. The first kappa shape index (κ1) is 17.1. The van der Waals surface area contributed by atoms with E-state index in [4.69, 9.17) is 0 Å². The van der Waals surface area contributed by atoms with Crippen LogP contribution in [-0.4, -0.2) is 24.6 Å². The predicted octanol–water partition coefficient (Wildman–Crippen LogP) is 4.60. The van der Waals surface area contributed by atoms with E-state index in [0.29, 0.717) is 5.56 Å². The number of nitrogens with one attached hydrogen (secondary N) is 1. The topological polar surface area (TPSA) is 37.3 Å². The maximum atomic E-state index is 12.6. The molecule has 0 saturated carbocycles. The lowest BCUT2D eigenvalue weighted by Gasteiger charge is -2.13. The van der Waals surface area contributed by atoms with Gasteiger partial charge in [0.1, 0.15) is 0 Å². The van der Waals surface area contributed by atoms with Crippen LogP contribution in [0.5, 0.6) is 0 Å². The molecule has 0 aliphatic rings. The molecule has 130 valence electrons. The fourth-order valence-electron chi connectivity index (χ4n) is 3.24. The van der Waals surface area contributed by atoms with Gasteiger partial charge in [0.25, 0.3) is 5.91 Å². The molecule has 0 unspecified atom stereocenters. The summed E-state index contributed by atoms with van der Waals surface area (Å²) in [5.41, 5.74) is 6.27. The Kier molecular flexibility index (Phi) is 4.53. The Morgan fingerprint density at radius 1 is 1.08 bits per heavy atom. The summed E-state index contributed by atoms with van der Waals surface area (Å²) in [6.07, 6.45) is 0. The Hall–Kier alpha value is -2.75. The maximum absolute atomic E-state index is 12.6. The Bertz CT molecular complexity index is 920. The third-order valence-corrected chi connectivity index (χ3v) is 4.86. The van der Waals surface area contributed by atoms with Gasteiger partial charge in [-0.25, -0.2) is 0 Å². The molecule has 0 aliphatic heterocycles. The molecular formula is C21H25N3O. The molecule has 1 aromatic heterocycles. The average Bonchev–Trinajstić information content (AvgIpc) is 2.85. The second-order valence-corrected chi connectivity index (χ2v) is 6.58. The van der Waals surface area contributed by atoms with Crippen molar-refractivity contribution in [3.63, 3.8) is 0 Å². The minimum absolute atomic E-state index is 0.0826. The summed E-state index contributed by atoms with van der Waals surface area (Å²) in [7, 11) is 3.99. The molecule has 0 fully saturated rings. The van der Waals surface area contributed by atoms with Crippen LogP contribution in [0.25, 0.3) is 10.9 Å². The first-order valence-electron chi connectivity index (χ1n) is 8.60. The predicted molar refractivity (Wildman–Crippen MR) is 106 cm³/mol. The fraction of sp³-hybridized carbons (Fsp3) is 0.286. The molecule has 0 atom stereocenters. The van der Waals surface area contributed by atoms with E-state index in [2.05, 4.69) is 30.7 Å². The van der Waals surface area contributed by atoms with Crippen molar-refractivity contribution in [2.75, 3.05) is 24.3 Å². The number of carbonyl (C=O) groups is 1. The van der Waals surface area contributed by atoms with E-state index in [0.717, 1.165) is 23.3 Å². The third kappa shape index (κ3) is 3.12. The summed E-state index contributed by atoms with van der Waals surface area (Å²) >= 11 is 0. The van der Waals surface area contributed by atoms with E-state index in [9.17, 15) is 4.79 Å². The smallest absolute Gasteiger partial charge is 0.255 e. The van der Waals surface area contributed by atoms with Crippen molar-refractivity contribution in [3.05, 3.63) is 59.3 Å². The van der Waals surface area contributed by atoms with Gasteiger partial charge >= 0.3 is 0 Å². The highest BCUT2D eigenvalue weighted by Gasteiger charge is 2.13. The largest absolute Gasteiger partial charge is 0.378 e. The average molecular weight is 335 g/mol. The van der Waals surface area contributed by atoms with Gasteiger partial charge in [-0.2, -0.15) is 0 Å². The van der Waals surface area contributed by atoms with Crippen LogP contribution < -0.4 is 10.2 Å². The molecule has 0 aliphatic carbocycles. The van der Waals surface area contributed by atoms with Crippen LogP contribution in [-0.2, 0) is 6.54 Å². The molecule has 3 rings (SSSR count). The van der Waals surface area contributed by atoms with Gasteiger partial charge in [-0.15, -0.1) is 0 Å². The van der Waals surface area contributed by atoms with E-state index in [1.165, 1.54) is 16.8 Å². The van der Waals surface area contributed by atoms with Gasteiger partial charge in [-0.05, 0) is 68.8 Å². The van der Waals surface area contributed by atoms with E-state index in [-0.39, 0.29) is 5.91 Å². The highest BCUT2D eigenvalue weighted by Crippen LogP contribution is 2.26. The molecule has 0 spiro atoms. The Balaban J connectivity index is 1.88. The van der Waals surface area contributed by atoms with Gasteiger partial charge < -0.3 is 14.8 Å². The number of anilines is 2. The first-order chi connectivity index (χ1) is 11.9. The van der Waals surface area contributed by atoms with Crippen molar-refractivity contribution < 1.29 is 4.79 Å². The second kappa shape index (κ2) is 6.63. The van der Waals surface area contributed by atoms with Crippen LogP contribution in [0.3, 0.4) is 0 Å². The van der Waals surface area contributed by atoms with Gasteiger partial charge in [-0.1, -0.05) is 0 Å². The monoisotopic (exact) mass is 335 g/mol. The number of fused-ring (bicyclic) bond motifs is 1. The van der Waals surface area contributed by atoms with Crippen molar-refractivity contribution in [2.24, 2.45) is 0 Å². The number of aromatic nitrogens is 1. The zero-order valence-electron chi connectivity index (χ0n) is 15.6. The summed E-state index contributed by atoms with van der Waals surface area (Å²) in [5, 5.41) is 4.13. The third-order valence-electron chi connectivity index (χ3n) is 4.86. The van der Waals surface area contributed by atoms with Crippen LogP contribution in [0.2, 0.25) is 0 Å². The Morgan fingerprint density at radius 3 is 2.36 bits per heavy atom. The minimum Gasteiger partial charge on any atom is -0.378 e. The molecule has 2 aromatic carbocycles. The quantitative estimate of drug-likeness (QED) is 0.757. The number of hydrogen-bond acceptors (Lipinski definition) is 2. The van der Waals surface area contributed by atoms with Crippen molar-refractivity contribution in [1.29, 1.82) is 0 Å². The molecule has 1 N–H and O–H groups in total. The van der Waals surface area contributed by atoms with Gasteiger partial charge in [0.2, 0.25) is 0 Å². The zero-order chi connectivity index (χ0) is 18.1. The number of nitrogens with zero attached hydrogens (tertiary/aromatic N) is 2. The zero-order valence-corrected chi connectivity index (χ0v) is 15.6. The standard InChI is InChI=1S/C21H25N3O/c1-6-24-15(3)14(2)19-13-16(7-12-20(19)24)21(25)22-17-8-10-18(11-9-17)23(4)5/h7-13H,6H2,1-5H3,(H,22,25). The normalized spacial score (nSPS) is 10.9. The fourth-order valence-corrected chi connectivity index (χ4v) is 3.24. The molecule has 25 heavy (non-hydrogen) atoms. The minimum atomic E-state index is -0.0826. The SMILES string of the molecule is CCn1c(C)c(C)c2cc(C(=O)Nc3ccc(N(C)C)cc3)ccc21. The second-order valence-electron chi connectivity index (χ2n) is 6.58. The van der Waals surface area contributed by atoms with Crippen LogP contribution in [0.4, 0.5) is 11.4 Å². The molecule has 0 bridgehead atoms. The maximum Gasteiger partial charge on any atom is 0.255 e. The van der Waals surface area contributed by atoms with Gasteiger partial charge in [0, 0.05) is 54.2 Å². The van der Waals surface area contributed by atoms with Crippen LogP contribution in [0.1, 0.15) is 28.5 Å². The summed E-state index contributed by atoms with van der Waals surface area (Å²) in [4.78, 5) is 14.7. The van der Waals surface area contributed by atoms with Crippen molar-refractivity contribution in [1.82, 2.24) is 4.57 Å². The van der Waals surface area contributed by atoms with Crippen LogP contribution >= 0.6 is 0 Å². The number of carbonyl (C=O) groups excluding carboxylic acids is 1. The molecule has 0 saturated heterocycles. The van der Waals surface area contributed by atoms with Crippen molar-refractivity contribution in [2.45, 2.75) is 27.3 Å². The number of hydrogen-bond donors (Lipinski definition) is 1. The number of aryl methyl sites for hydroxylation is 2. The lowest BCUT2D eigenvalue weighted by atomic mass is 10.1. The summed E-state index contributed by atoms with van der Waals surface area (Å²) in [5.74, 6) is -0.0826. The van der Waals surface area contributed by atoms with Gasteiger partial charge in [0.05, 0.1) is 0 Å². The molecule has 1 heterocycles. The summed E-state index contributed by atoms with van der Waals surface area (Å²) in [6, 6.07) is 13.8. The van der Waals surface area contributed by atoms with E-state index >= 15 is 0 Å². The number of amides is 1. The molecule has 4 heteroatoms. The highest BCUT2D eigenvalue weighted by atomic mass is 16.1. The molecule has 4 nitrogen and oxygen atoms in total. The van der Waals surface area contributed by atoms with Crippen molar-refractivity contribution in [3.8, 4) is 0 Å². The molecule has 0 radical (unpaired) electrons. The Labute approximate surface area is 149 Å². The lowest BCUT2D eigenvalue weighted by Crippen LogP contribution is -2.12. The van der Waals surface area contributed by atoms with E-state index in [1.54, 1.807) is 0 Å². The Morgan fingerprint density at radius 2 is 1.76 bits per heavy atom. The number of benzene rings is 2. The molecular weight excluding hydrogens is 310 g/mol. The summed E-state index contributed by atoms with van der Waals surface area (Å²) < 4.78 is 2.28. The summed E-state index contributed by atoms with van der Waals surface area (Å²) in [6.45, 7) is 7.32. The van der Waals surface area contributed by atoms with E-state index < -0.39 is 0 Å². The first-order valence-corrected chi connectivity index (χ1v) is 8.60. The number of rotatable bonds is 4. The van der Waals surface area contributed by atoms with Gasteiger partial charge in [-0.3, -0.25) is 4.79 Å². The van der Waals surface area contributed by atoms with Crippen molar-refractivity contribution >= 4 is 28.2 Å². The van der Waals surface area contributed by atoms with Gasteiger partial charge in [0.15, 0.2) is 0 Å². The van der Waals surface area contributed by atoms with E-state index in [1.807, 2.05) is 61.5 Å². The molecule has 3 aromatic rings.